The van der Waals surface area contributed by atoms with Crippen LogP contribution in [0.5, 0.6) is 0 Å². The second-order valence-corrected chi connectivity index (χ2v) is 9.02. The van der Waals surface area contributed by atoms with Gasteiger partial charge in [-0.2, -0.15) is 13.2 Å². The van der Waals surface area contributed by atoms with Crippen LogP contribution >= 0.6 is 23.4 Å². The molecule has 0 saturated heterocycles. The fourth-order valence-electron chi connectivity index (χ4n) is 2.86. The minimum Gasteiger partial charge on any atom is -0.324 e. The molecule has 3 aromatic carbocycles. The molecule has 0 bridgehead atoms. The summed E-state index contributed by atoms with van der Waals surface area (Å²) in [5.41, 5.74) is 0.418. The van der Waals surface area contributed by atoms with Crippen molar-refractivity contribution in [2.45, 2.75) is 23.2 Å². The van der Waals surface area contributed by atoms with Crippen molar-refractivity contribution in [1.29, 1.82) is 0 Å². The zero-order chi connectivity index (χ0) is 24.7. The average molecular weight is 505 g/mol. The van der Waals surface area contributed by atoms with Crippen molar-refractivity contribution in [3.63, 3.8) is 0 Å². The molecule has 0 fully saturated rings. The Morgan fingerprint density at radius 2 is 1.71 bits per heavy atom. The lowest BCUT2D eigenvalue weighted by Crippen LogP contribution is -2.23. The van der Waals surface area contributed by atoms with Crippen LogP contribution in [0.4, 0.5) is 24.5 Å². The second kappa shape index (κ2) is 11.3. The standard InChI is InChI=1S/C25H20ClF3N2O2S/c1-16(24(33)31-22-14-18(25(27,28)29)11-12-21(22)26)34-20-9-5-8-19(15-20)30-23(32)13-10-17-6-3-2-4-7-17/h2-16H,1H3,(H,30,32)(H,31,33)/b13-10+. The second-order valence-electron chi connectivity index (χ2n) is 7.20. The van der Waals surface area contributed by atoms with Crippen molar-refractivity contribution < 1.29 is 22.8 Å². The molecule has 3 aromatic rings. The molecule has 0 spiro atoms. The molecular weight excluding hydrogens is 485 g/mol. The summed E-state index contributed by atoms with van der Waals surface area (Å²) in [5, 5.41) is 4.57. The Balaban J connectivity index is 1.61. The molecule has 3 rings (SSSR count). The van der Waals surface area contributed by atoms with Crippen LogP contribution < -0.4 is 10.6 Å². The molecular formula is C25H20ClF3N2O2S. The number of carbonyl (C=O) groups excluding carboxylic acids is 2. The third-order valence-corrected chi connectivity index (χ3v) is 5.99. The largest absolute Gasteiger partial charge is 0.416 e. The van der Waals surface area contributed by atoms with Crippen molar-refractivity contribution >= 4 is 52.6 Å². The van der Waals surface area contributed by atoms with Gasteiger partial charge in [0.2, 0.25) is 11.8 Å². The number of rotatable bonds is 7. The van der Waals surface area contributed by atoms with Gasteiger partial charge in [0.15, 0.2) is 0 Å². The van der Waals surface area contributed by atoms with Crippen LogP contribution in [-0.2, 0) is 15.8 Å². The van der Waals surface area contributed by atoms with Crippen molar-refractivity contribution in [2.75, 3.05) is 10.6 Å². The minimum atomic E-state index is -4.55. The minimum absolute atomic E-state index is 0.00631. The highest BCUT2D eigenvalue weighted by Gasteiger charge is 2.31. The van der Waals surface area contributed by atoms with Crippen molar-refractivity contribution in [2.24, 2.45) is 0 Å². The lowest BCUT2D eigenvalue weighted by molar-refractivity contribution is -0.137. The van der Waals surface area contributed by atoms with E-state index < -0.39 is 22.9 Å². The van der Waals surface area contributed by atoms with E-state index in [0.717, 1.165) is 23.8 Å². The van der Waals surface area contributed by atoms with E-state index in [2.05, 4.69) is 10.6 Å². The summed E-state index contributed by atoms with van der Waals surface area (Å²) in [6.07, 6.45) is -1.44. The van der Waals surface area contributed by atoms with Gasteiger partial charge in [0, 0.05) is 16.7 Å². The average Bonchev–Trinajstić information content (AvgIpc) is 2.79. The first kappa shape index (κ1) is 25.4. The molecule has 1 unspecified atom stereocenters. The quantitative estimate of drug-likeness (QED) is 0.266. The van der Waals surface area contributed by atoms with Crippen molar-refractivity contribution in [3.05, 3.63) is 95.0 Å². The number of benzene rings is 3. The van der Waals surface area contributed by atoms with Gasteiger partial charge >= 0.3 is 6.18 Å². The van der Waals surface area contributed by atoms with Gasteiger partial charge in [0.05, 0.1) is 21.5 Å². The lowest BCUT2D eigenvalue weighted by Gasteiger charge is -2.15. The van der Waals surface area contributed by atoms with Gasteiger partial charge in [-0.3, -0.25) is 9.59 Å². The highest BCUT2D eigenvalue weighted by Crippen LogP contribution is 2.34. The Bertz CT molecular complexity index is 1200. The maximum Gasteiger partial charge on any atom is 0.416 e. The lowest BCUT2D eigenvalue weighted by atomic mass is 10.2. The van der Waals surface area contributed by atoms with E-state index in [0.29, 0.717) is 10.6 Å². The van der Waals surface area contributed by atoms with Crippen molar-refractivity contribution in [3.8, 4) is 0 Å². The molecule has 0 heterocycles. The van der Waals surface area contributed by atoms with E-state index in [1.54, 1.807) is 37.3 Å². The topological polar surface area (TPSA) is 58.2 Å². The first-order valence-electron chi connectivity index (χ1n) is 10.1. The van der Waals surface area contributed by atoms with E-state index in [4.69, 9.17) is 11.6 Å². The maximum atomic E-state index is 13.0. The fraction of sp³-hybridized carbons (Fsp3) is 0.120. The zero-order valence-corrected chi connectivity index (χ0v) is 19.5. The molecule has 0 aliphatic rings. The molecule has 176 valence electrons. The highest BCUT2D eigenvalue weighted by atomic mass is 35.5. The smallest absolute Gasteiger partial charge is 0.324 e. The molecule has 0 radical (unpaired) electrons. The SMILES string of the molecule is CC(Sc1cccc(NC(=O)/C=C/c2ccccc2)c1)C(=O)Nc1cc(C(F)(F)F)ccc1Cl. The van der Waals surface area contributed by atoms with Gasteiger partial charge in [0.1, 0.15) is 0 Å². The fourth-order valence-corrected chi connectivity index (χ4v) is 3.95. The van der Waals surface area contributed by atoms with Crippen LogP contribution in [0.1, 0.15) is 18.1 Å². The van der Waals surface area contributed by atoms with E-state index >= 15 is 0 Å². The third-order valence-electron chi connectivity index (χ3n) is 4.56. The molecule has 34 heavy (non-hydrogen) atoms. The monoisotopic (exact) mass is 504 g/mol. The van der Waals surface area contributed by atoms with Gasteiger partial charge in [-0.15, -0.1) is 11.8 Å². The summed E-state index contributed by atoms with van der Waals surface area (Å²) in [4.78, 5) is 25.5. The molecule has 0 saturated carbocycles. The molecule has 0 aromatic heterocycles. The van der Waals surface area contributed by atoms with Gasteiger partial charge < -0.3 is 10.6 Å². The number of nitrogens with one attached hydrogen (secondary N) is 2. The first-order valence-corrected chi connectivity index (χ1v) is 11.4. The normalized spacial score (nSPS) is 12.4. The van der Waals surface area contributed by atoms with Crippen molar-refractivity contribution in [1.82, 2.24) is 0 Å². The molecule has 4 nitrogen and oxygen atoms in total. The Labute approximate surface area is 204 Å². The summed E-state index contributed by atoms with van der Waals surface area (Å²) in [6, 6.07) is 19.0. The zero-order valence-electron chi connectivity index (χ0n) is 17.9. The van der Waals surface area contributed by atoms with Gasteiger partial charge in [-0.1, -0.05) is 48.0 Å². The number of hydrogen-bond donors (Lipinski definition) is 2. The van der Waals surface area contributed by atoms with E-state index in [1.165, 1.54) is 17.8 Å². The Morgan fingerprint density at radius 3 is 2.41 bits per heavy atom. The Morgan fingerprint density at radius 1 is 0.971 bits per heavy atom. The van der Waals surface area contributed by atoms with Crippen LogP contribution in [-0.4, -0.2) is 17.1 Å². The number of anilines is 2. The van der Waals surface area contributed by atoms with Gasteiger partial charge in [-0.05, 0) is 55.0 Å². The third kappa shape index (κ3) is 7.40. The molecule has 2 amide bonds. The number of amides is 2. The van der Waals surface area contributed by atoms with Crippen LogP contribution in [0.25, 0.3) is 6.08 Å². The number of hydrogen-bond acceptors (Lipinski definition) is 3. The van der Waals surface area contributed by atoms with Gasteiger partial charge in [-0.25, -0.2) is 0 Å². The van der Waals surface area contributed by atoms with E-state index in [9.17, 15) is 22.8 Å². The maximum absolute atomic E-state index is 13.0. The summed E-state index contributed by atoms with van der Waals surface area (Å²) in [6.45, 7) is 1.62. The molecule has 9 heteroatoms. The number of thioether (sulfide) groups is 1. The van der Waals surface area contributed by atoms with Crippen LogP contribution in [0.3, 0.4) is 0 Å². The summed E-state index contributed by atoms with van der Waals surface area (Å²) in [7, 11) is 0. The summed E-state index contributed by atoms with van der Waals surface area (Å²) < 4.78 is 38.9. The predicted octanol–water partition coefficient (Wildman–Crippen LogP) is 7.13. The summed E-state index contributed by atoms with van der Waals surface area (Å²) >= 11 is 7.15. The van der Waals surface area contributed by atoms with Crippen LogP contribution in [0.2, 0.25) is 5.02 Å². The van der Waals surface area contributed by atoms with Gasteiger partial charge in [0.25, 0.3) is 0 Å². The summed E-state index contributed by atoms with van der Waals surface area (Å²) in [5.74, 6) is -0.817. The highest BCUT2D eigenvalue weighted by molar-refractivity contribution is 8.00. The van der Waals surface area contributed by atoms with Crippen LogP contribution in [0, 0.1) is 0 Å². The Hall–Kier alpha value is -3.23. The van der Waals surface area contributed by atoms with Crippen LogP contribution in [0.15, 0.2) is 83.8 Å². The molecule has 1 atom stereocenters. The number of halogens is 4. The van der Waals surface area contributed by atoms with E-state index in [-0.39, 0.29) is 16.6 Å². The Kier molecular flexibility index (Phi) is 8.41. The molecule has 2 N–H and O–H groups in total. The molecule has 0 aliphatic heterocycles. The van der Waals surface area contributed by atoms with E-state index in [1.807, 2.05) is 30.3 Å². The first-order chi connectivity index (χ1) is 16.1. The predicted molar refractivity (Wildman–Crippen MR) is 131 cm³/mol. The molecule has 0 aliphatic carbocycles. The number of carbonyl (C=O) groups is 2. The number of alkyl halides is 3.